The van der Waals surface area contributed by atoms with Crippen molar-refractivity contribution >= 4 is 28.1 Å². The third-order valence-electron chi connectivity index (χ3n) is 4.53. The number of benzene rings is 2. The quantitative estimate of drug-likeness (QED) is 0.521. The van der Waals surface area contributed by atoms with E-state index in [1.165, 1.54) is 6.07 Å². The first-order chi connectivity index (χ1) is 13.9. The molecule has 2 heterocycles. The Balaban J connectivity index is 1.48. The molecule has 8 nitrogen and oxygen atoms in total. The lowest BCUT2D eigenvalue weighted by atomic mass is 10.1. The van der Waals surface area contributed by atoms with E-state index in [9.17, 15) is 18.7 Å². The predicted octanol–water partition coefficient (Wildman–Crippen LogP) is 3.13. The third-order valence-corrected chi connectivity index (χ3v) is 6.39. The highest BCUT2D eigenvalue weighted by Crippen LogP contribution is 2.53. The Kier molecular flexibility index (Phi) is 5.10. The molecular formula is C20H19N3O5S. The van der Waals surface area contributed by atoms with Gasteiger partial charge in [0.1, 0.15) is 11.8 Å². The van der Waals surface area contributed by atoms with Gasteiger partial charge in [-0.1, -0.05) is 47.6 Å². The topological polar surface area (TPSA) is 125 Å². The molecule has 29 heavy (non-hydrogen) atoms. The maximum absolute atomic E-state index is 12.6. The number of amides is 2. The summed E-state index contributed by atoms with van der Waals surface area (Å²) < 4.78 is 26.2. The predicted molar refractivity (Wildman–Crippen MR) is 108 cm³/mol. The number of hydrogen-bond donors (Lipinski definition) is 4. The summed E-state index contributed by atoms with van der Waals surface area (Å²) in [4.78, 5) is 25.3. The van der Waals surface area contributed by atoms with Gasteiger partial charge >= 0.3 is 0 Å². The fourth-order valence-electron chi connectivity index (χ4n) is 3.11. The molecule has 9 heteroatoms. The molecule has 0 saturated carbocycles. The molecule has 2 amide bonds. The fraction of sp³-hybridized carbons (Fsp3) is 0.150. The number of nitrogens with one attached hydrogen (secondary N) is 2. The molecule has 0 bridgehead atoms. The zero-order valence-corrected chi connectivity index (χ0v) is 16.1. The van der Waals surface area contributed by atoms with Crippen molar-refractivity contribution in [1.82, 2.24) is 10.5 Å². The van der Waals surface area contributed by atoms with Crippen LogP contribution in [0.4, 0.5) is 5.69 Å². The van der Waals surface area contributed by atoms with Crippen LogP contribution < -0.4 is 10.6 Å². The smallest absolute Gasteiger partial charge is 0.274 e. The van der Waals surface area contributed by atoms with E-state index >= 15 is 0 Å². The molecule has 1 aromatic heterocycles. The molecule has 3 aromatic rings. The van der Waals surface area contributed by atoms with Gasteiger partial charge in [-0.25, -0.2) is 0 Å². The van der Waals surface area contributed by atoms with E-state index in [-0.39, 0.29) is 16.3 Å². The number of fused-ring (bicyclic) bond motifs is 1. The van der Waals surface area contributed by atoms with E-state index in [1.54, 1.807) is 24.3 Å². The average Bonchev–Trinajstić information content (AvgIpc) is 3.13. The summed E-state index contributed by atoms with van der Waals surface area (Å²) >= 11 is 0. The first-order valence-electron chi connectivity index (χ1n) is 8.88. The molecule has 1 aliphatic heterocycles. The Morgan fingerprint density at radius 3 is 2.69 bits per heavy atom. The largest absolute Gasteiger partial charge is 0.360 e. The van der Waals surface area contributed by atoms with Crippen LogP contribution in [0.15, 0.2) is 70.1 Å². The van der Waals surface area contributed by atoms with Gasteiger partial charge in [-0.2, -0.15) is 10.6 Å². The first kappa shape index (κ1) is 19.2. The van der Waals surface area contributed by atoms with E-state index in [2.05, 4.69) is 15.8 Å². The summed E-state index contributed by atoms with van der Waals surface area (Å²) in [5.74, 6) is -0.981. The highest BCUT2D eigenvalue weighted by Gasteiger charge is 2.34. The summed E-state index contributed by atoms with van der Waals surface area (Å²) in [7, 11) is -3.27. The molecule has 2 aromatic carbocycles. The standard InChI is InChI=1S/C20H19N3O5S/c24-19(16-11-14(28-23-16)10-13-6-2-1-3-7-13)22-17-12-29(26,27)18-9-5-4-8-15(18)21-20(17)25/h1-9,11,17,26-27H,10,12H2,(H,21,25)(H,22,24). The maximum Gasteiger partial charge on any atom is 0.274 e. The van der Waals surface area contributed by atoms with Gasteiger partial charge in [-0.15, -0.1) is 0 Å². The van der Waals surface area contributed by atoms with Crippen molar-refractivity contribution in [3.05, 3.63) is 77.7 Å². The van der Waals surface area contributed by atoms with Gasteiger partial charge in [0.15, 0.2) is 5.69 Å². The minimum absolute atomic E-state index is 0.0157. The summed E-state index contributed by atoms with van der Waals surface area (Å²) in [6.07, 6.45) is 0.473. The molecule has 1 aliphatic rings. The Morgan fingerprint density at radius 1 is 1.17 bits per heavy atom. The van der Waals surface area contributed by atoms with Crippen LogP contribution in [0.1, 0.15) is 21.8 Å². The van der Waals surface area contributed by atoms with E-state index in [1.807, 2.05) is 30.3 Å². The van der Waals surface area contributed by atoms with Crippen molar-refractivity contribution in [2.75, 3.05) is 11.1 Å². The second kappa shape index (κ2) is 7.70. The van der Waals surface area contributed by atoms with Gasteiger partial charge < -0.3 is 15.2 Å². The van der Waals surface area contributed by atoms with Crippen molar-refractivity contribution in [3.63, 3.8) is 0 Å². The van der Waals surface area contributed by atoms with E-state index in [0.717, 1.165) is 5.56 Å². The number of rotatable bonds is 4. The molecule has 0 radical (unpaired) electrons. The van der Waals surface area contributed by atoms with Crippen LogP contribution in [0.3, 0.4) is 0 Å². The van der Waals surface area contributed by atoms with Crippen LogP contribution in [-0.4, -0.2) is 37.9 Å². The second-order valence-electron chi connectivity index (χ2n) is 6.69. The van der Waals surface area contributed by atoms with Crippen LogP contribution in [-0.2, 0) is 11.2 Å². The Bertz CT molecular complexity index is 1050. The molecule has 1 unspecified atom stereocenters. The lowest BCUT2D eigenvalue weighted by Crippen LogP contribution is -2.46. The summed E-state index contributed by atoms with van der Waals surface area (Å²) in [6, 6.07) is 16.4. The Labute approximate surface area is 168 Å². The number of hydrogen-bond acceptors (Lipinski definition) is 6. The first-order valence-corrected chi connectivity index (χ1v) is 10.6. The number of carbonyl (C=O) groups is 2. The second-order valence-corrected chi connectivity index (χ2v) is 8.79. The van der Waals surface area contributed by atoms with Gasteiger partial charge in [0.2, 0.25) is 5.91 Å². The van der Waals surface area contributed by atoms with Crippen molar-refractivity contribution in [2.45, 2.75) is 17.4 Å². The highest BCUT2D eigenvalue weighted by atomic mass is 32.3. The van der Waals surface area contributed by atoms with Crippen LogP contribution in [0.5, 0.6) is 0 Å². The van der Waals surface area contributed by atoms with Crippen LogP contribution in [0.25, 0.3) is 0 Å². The summed E-state index contributed by atoms with van der Waals surface area (Å²) in [5, 5.41) is 8.91. The molecule has 0 saturated heterocycles. The molecule has 1 atom stereocenters. The summed E-state index contributed by atoms with van der Waals surface area (Å²) in [5.41, 5.74) is 1.34. The summed E-state index contributed by atoms with van der Waals surface area (Å²) in [6.45, 7) is 0. The molecule has 0 spiro atoms. The number of carbonyl (C=O) groups excluding carboxylic acids is 2. The Morgan fingerprint density at radius 2 is 1.90 bits per heavy atom. The van der Waals surface area contributed by atoms with Gasteiger partial charge in [-0.05, 0) is 17.7 Å². The van der Waals surface area contributed by atoms with Crippen molar-refractivity contribution in [3.8, 4) is 0 Å². The normalized spacial score (nSPS) is 18.8. The van der Waals surface area contributed by atoms with E-state index < -0.39 is 28.4 Å². The van der Waals surface area contributed by atoms with Gasteiger partial charge in [0, 0.05) is 12.5 Å². The highest BCUT2D eigenvalue weighted by molar-refractivity contribution is 8.24. The number of para-hydroxylation sites is 1. The van der Waals surface area contributed by atoms with Crippen molar-refractivity contribution in [1.29, 1.82) is 0 Å². The van der Waals surface area contributed by atoms with Crippen molar-refractivity contribution < 1.29 is 23.2 Å². The maximum atomic E-state index is 12.6. The van der Waals surface area contributed by atoms with Crippen LogP contribution >= 0.6 is 10.6 Å². The monoisotopic (exact) mass is 413 g/mol. The average molecular weight is 413 g/mol. The van der Waals surface area contributed by atoms with Gasteiger partial charge in [0.05, 0.1) is 16.3 Å². The molecule has 4 N–H and O–H groups in total. The van der Waals surface area contributed by atoms with Gasteiger partial charge in [0.25, 0.3) is 5.91 Å². The minimum Gasteiger partial charge on any atom is -0.360 e. The lowest BCUT2D eigenvalue weighted by molar-refractivity contribution is -0.117. The lowest BCUT2D eigenvalue weighted by Gasteiger charge is -2.33. The number of nitrogens with zero attached hydrogens (tertiary/aromatic N) is 1. The third kappa shape index (κ3) is 4.16. The molecule has 0 aliphatic carbocycles. The van der Waals surface area contributed by atoms with Gasteiger partial charge in [-0.3, -0.25) is 18.7 Å². The molecule has 150 valence electrons. The van der Waals surface area contributed by atoms with E-state index in [4.69, 9.17) is 4.52 Å². The zero-order chi connectivity index (χ0) is 20.4. The van der Waals surface area contributed by atoms with Crippen LogP contribution in [0.2, 0.25) is 0 Å². The minimum atomic E-state index is -3.27. The molecule has 0 fully saturated rings. The number of aromatic nitrogens is 1. The fourth-order valence-corrected chi connectivity index (χ4v) is 4.76. The zero-order valence-electron chi connectivity index (χ0n) is 15.2. The van der Waals surface area contributed by atoms with Crippen LogP contribution in [0, 0.1) is 0 Å². The van der Waals surface area contributed by atoms with Crippen molar-refractivity contribution in [2.24, 2.45) is 0 Å². The molecular weight excluding hydrogens is 394 g/mol. The number of anilines is 1. The SMILES string of the molecule is O=C(NC1CS(O)(O)c2ccccc2NC1=O)c1cc(Cc2ccccc2)on1. The van der Waals surface area contributed by atoms with E-state index in [0.29, 0.717) is 17.9 Å². The molecule has 4 rings (SSSR count). The Hall–Kier alpha value is -3.14.